The number of Topliss-reactive ketones (excluding diaryl/α,β-unsaturated/α-hetero) is 1. The number of hydrogen-bond donors (Lipinski definition) is 0. The number of hydrogen-bond acceptors (Lipinski definition) is 2. The fourth-order valence-corrected chi connectivity index (χ4v) is 2.51. The van der Waals surface area contributed by atoms with Crippen LogP contribution in [-0.4, -0.2) is 15.6 Å². The molecule has 0 saturated carbocycles. The van der Waals surface area contributed by atoms with E-state index in [2.05, 4.69) is 25.0 Å². The van der Waals surface area contributed by atoms with E-state index in [4.69, 9.17) is 0 Å². The van der Waals surface area contributed by atoms with Crippen LogP contribution in [0.3, 0.4) is 0 Å². The molecule has 0 aliphatic rings. The largest absolute Gasteiger partial charge is 0.294 e. The van der Waals surface area contributed by atoms with Crippen molar-refractivity contribution in [3.63, 3.8) is 0 Å². The maximum absolute atomic E-state index is 12.4. The van der Waals surface area contributed by atoms with E-state index in [0.29, 0.717) is 6.42 Å². The van der Waals surface area contributed by atoms with E-state index in [0.717, 1.165) is 41.0 Å². The van der Waals surface area contributed by atoms with Gasteiger partial charge in [-0.2, -0.15) is 5.10 Å². The number of nitrogens with zero attached hydrogens (tertiary/aromatic N) is 2. The zero-order chi connectivity index (χ0) is 14.7. The molecule has 2 rings (SSSR count). The first-order chi connectivity index (χ1) is 9.53. The van der Waals surface area contributed by atoms with Crippen LogP contribution in [0.2, 0.25) is 0 Å². The Morgan fingerprint density at radius 2 is 1.75 bits per heavy atom. The lowest BCUT2D eigenvalue weighted by Crippen LogP contribution is -2.10. The second kappa shape index (κ2) is 6.04. The first-order valence-corrected chi connectivity index (χ1v) is 7.20. The molecule has 0 radical (unpaired) electrons. The van der Waals surface area contributed by atoms with E-state index >= 15 is 0 Å². The average Bonchev–Trinajstić information content (AvgIpc) is 2.79. The minimum atomic E-state index is 0.161. The van der Waals surface area contributed by atoms with Crippen molar-refractivity contribution < 1.29 is 4.79 Å². The summed E-state index contributed by atoms with van der Waals surface area (Å²) in [7, 11) is 0. The van der Waals surface area contributed by atoms with Crippen LogP contribution in [0.1, 0.15) is 46.7 Å². The highest BCUT2D eigenvalue weighted by Crippen LogP contribution is 2.14. The van der Waals surface area contributed by atoms with E-state index < -0.39 is 0 Å². The molecule has 0 atom stereocenters. The lowest BCUT2D eigenvalue weighted by molar-refractivity contribution is 0.0990. The number of benzene rings is 1. The topological polar surface area (TPSA) is 34.9 Å². The summed E-state index contributed by atoms with van der Waals surface area (Å²) in [6.45, 7) is 8.98. The Morgan fingerprint density at radius 3 is 2.30 bits per heavy atom. The van der Waals surface area contributed by atoms with E-state index in [9.17, 15) is 4.79 Å². The number of carbonyl (C=O) groups is 1. The molecule has 1 heterocycles. The molecule has 0 aliphatic carbocycles. The smallest absolute Gasteiger partial charge is 0.168 e. The molecule has 2 aromatic rings. The predicted molar refractivity (Wildman–Crippen MR) is 81.2 cm³/mol. The van der Waals surface area contributed by atoms with Gasteiger partial charge < -0.3 is 0 Å². The Balaban J connectivity index is 2.25. The molecule has 20 heavy (non-hydrogen) atoms. The molecule has 1 aromatic heterocycles. The van der Waals surface area contributed by atoms with Gasteiger partial charge in [-0.1, -0.05) is 24.1 Å². The third kappa shape index (κ3) is 3.16. The number of rotatable bonds is 5. The van der Waals surface area contributed by atoms with Crippen molar-refractivity contribution in [3.05, 3.63) is 52.3 Å². The van der Waals surface area contributed by atoms with Gasteiger partial charge in [0.2, 0.25) is 0 Å². The van der Waals surface area contributed by atoms with Crippen molar-refractivity contribution in [1.82, 2.24) is 9.78 Å². The van der Waals surface area contributed by atoms with Crippen LogP contribution in [0.4, 0.5) is 0 Å². The highest BCUT2D eigenvalue weighted by atomic mass is 16.1. The SMILES string of the molecule is CCc1cc(CC(=O)c2cc(C)cc(C)c2)n(CC)n1. The Labute approximate surface area is 120 Å². The van der Waals surface area contributed by atoms with Crippen molar-refractivity contribution in [2.24, 2.45) is 0 Å². The molecule has 0 spiro atoms. The van der Waals surface area contributed by atoms with Gasteiger partial charge in [0.15, 0.2) is 5.78 Å². The van der Waals surface area contributed by atoms with Crippen molar-refractivity contribution in [3.8, 4) is 0 Å². The van der Waals surface area contributed by atoms with Crippen molar-refractivity contribution in [2.75, 3.05) is 0 Å². The predicted octanol–water partition coefficient (Wildman–Crippen LogP) is 3.51. The van der Waals surface area contributed by atoms with Crippen LogP contribution in [0.15, 0.2) is 24.3 Å². The molecule has 0 N–H and O–H groups in total. The zero-order valence-corrected chi connectivity index (χ0v) is 12.7. The van der Waals surface area contributed by atoms with Gasteiger partial charge in [-0.25, -0.2) is 0 Å². The summed E-state index contributed by atoms with van der Waals surface area (Å²) >= 11 is 0. The summed E-state index contributed by atoms with van der Waals surface area (Å²) in [6, 6.07) is 8.05. The normalized spacial score (nSPS) is 10.8. The van der Waals surface area contributed by atoms with Crippen LogP contribution in [0.25, 0.3) is 0 Å². The fraction of sp³-hybridized carbons (Fsp3) is 0.412. The fourth-order valence-electron chi connectivity index (χ4n) is 2.51. The Hall–Kier alpha value is -1.90. The molecule has 0 saturated heterocycles. The molecular weight excluding hydrogens is 248 g/mol. The molecular formula is C17H22N2O. The Bertz CT molecular complexity index is 606. The summed E-state index contributed by atoms with van der Waals surface area (Å²) in [5.74, 6) is 0.161. The monoisotopic (exact) mass is 270 g/mol. The molecule has 0 aliphatic heterocycles. The minimum Gasteiger partial charge on any atom is -0.294 e. The zero-order valence-electron chi connectivity index (χ0n) is 12.7. The number of aryl methyl sites for hydroxylation is 4. The van der Waals surface area contributed by atoms with Crippen LogP contribution >= 0.6 is 0 Å². The quantitative estimate of drug-likeness (QED) is 0.779. The van der Waals surface area contributed by atoms with Crippen molar-refractivity contribution in [1.29, 1.82) is 0 Å². The summed E-state index contributed by atoms with van der Waals surface area (Å²) < 4.78 is 1.93. The molecule has 0 bridgehead atoms. The van der Waals surface area contributed by atoms with Gasteiger partial charge in [-0.05, 0) is 45.4 Å². The Kier molecular flexibility index (Phi) is 4.38. The lowest BCUT2D eigenvalue weighted by atomic mass is 10.0. The lowest BCUT2D eigenvalue weighted by Gasteiger charge is -2.06. The van der Waals surface area contributed by atoms with Crippen molar-refractivity contribution >= 4 is 5.78 Å². The molecule has 0 amide bonds. The van der Waals surface area contributed by atoms with Gasteiger partial charge in [0.25, 0.3) is 0 Å². The molecule has 106 valence electrons. The Morgan fingerprint density at radius 1 is 1.10 bits per heavy atom. The highest BCUT2D eigenvalue weighted by Gasteiger charge is 2.13. The van der Waals surface area contributed by atoms with E-state index in [1.54, 1.807) is 0 Å². The summed E-state index contributed by atoms with van der Waals surface area (Å²) in [6.07, 6.45) is 1.32. The van der Waals surface area contributed by atoms with Gasteiger partial charge in [0.1, 0.15) is 0 Å². The number of aromatic nitrogens is 2. The summed E-state index contributed by atoms with van der Waals surface area (Å²) in [5, 5.41) is 4.49. The van der Waals surface area contributed by atoms with E-state index in [1.165, 1.54) is 0 Å². The van der Waals surface area contributed by atoms with Crippen LogP contribution in [0.5, 0.6) is 0 Å². The second-order valence-electron chi connectivity index (χ2n) is 5.27. The molecule has 0 unspecified atom stereocenters. The van der Waals surface area contributed by atoms with Gasteiger partial charge in [0.05, 0.1) is 12.1 Å². The summed E-state index contributed by atoms with van der Waals surface area (Å²) in [5.41, 5.74) is 5.12. The molecule has 0 fully saturated rings. The number of ketones is 1. The minimum absolute atomic E-state index is 0.161. The van der Waals surface area contributed by atoms with Gasteiger partial charge in [-0.3, -0.25) is 9.48 Å². The molecule has 3 heteroatoms. The van der Waals surface area contributed by atoms with Gasteiger partial charge in [0, 0.05) is 17.8 Å². The van der Waals surface area contributed by atoms with Crippen LogP contribution in [0, 0.1) is 13.8 Å². The maximum Gasteiger partial charge on any atom is 0.168 e. The maximum atomic E-state index is 12.4. The van der Waals surface area contributed by atoms with Gasteiger partial charge >= 0.3 is 0 Å². The van der Waals surface area contributed by atoms with Crippen LogP contribution < -0.4 is 0 Å². The molecule has 1 aromatic carbocycles. The average molecular weight is 270 g/mol. The standard InChI is InChI=1S/C17H22N2O/c1-5-15-10-16(19(6-2)18-15)11-17(20)14-8-12(3)7-13(4)9-14/h7-10H,5-6,11H2,1-4H3. The van der Waals surface area contributed by atoms with E-state index in [1.807, 2.05) is 36.7 Å². The number of carbonyl (C=O) groups excluding carboxylic acids is 1. The first-order valence-electron chi connectivity index (χ1n) is 7.20. The summed E-state index contributed by atoms with van der Waals surface area (Å²) in [4.78, 5) is 12.4. The highest BCUT2D eigenvalue weighted by molar-refractivity contribution is 5.97. The van der Waals surface area contributed by atoms with E-state index in [-0.39, 0.29) is 5.78 Å². The first kappa shape index (κ1) is 14.5. The van der Waals surface area contributed by atoms with Crippen LogP contribution in [-0.2, 0) is 19.4 Å². The molecule has 3 nitrogen and oxygen atoms in total. The second-order valence-corrected chi connectivity index (χ2v) is 5.27. The van der Waals surface area contributed by atoms with Gasteiger partial charge in [-0.15, -0.1) is 0 Å². The van der Waals surface area contributed by atoms with Crippen molar-refractivity contribution in [2.45, 2.75) is 47.1 Å². The third-order valence-electron chi connectivity index (χ3n) is 3.46. The third-order valence-corrected chi connectivity index (χ3v) is 3.46.